The summed E-state index contributed by atoms with van der Waals surface area (Å²) in [6, 6.07) is 19.2. The molecule has 3 aromatic rings. The predicted molar refractivity (Wildman–Crippen MR) is 145 cm³/mol. The lowest BCUT2D eigenvalue weighted by atomic mass is 10.1. The molecule has 0 aliphatic rings. The number of hydrogen-bond donors (Lipinski definition) is 1. The summed E-state index contributed by atoms with van der Waals surface area (Å²) in [4.78, 5) is 27.6. The van der Waals surface area contributed by atoms with Crippen LogP contribution in [0.2, 0.25) is 5.02 Å². The fourth-order valence-corrected chi connectivity index (χ4v) is 5.65. The lowest BCUT2D eigenvalue weighted by Crippen LogP contribution is -2.50. The van der Waals surface area contributed by atoms with Gasteiger partial charge in [0.1, 0.15) is 12.6 Å². The zero-order valence-corrected chi connectivity index (χ0v) is 23.3. The lowest BCUT2D eigenvalue weighted by molar-refractivity contribution is -0.139. The largest absolute Gasteiger partial charge is 0.357 e. The van der Waals surface area contributed by atoms with Gasteiger partial charge in [0.05, 0.1) is 10.6 Å². The summed E-state index contributed by atoms with van der Waals surface area (Å²) in [7, 11) is -2.64. The van der Waals surface area contributed by atoms with Crippen LogP contribution >= 0.6 is 27.5 Å². The molecular formula is C26H27BrClN3O4S. The highest BCUT2D eigenvalue weighted by molar-refractivity contribution is 9.10. The Labute approximate surface area is 225 Å². The molecule has 0 spiro atoms. The predicted octanol–water partition coefficient (Wildman–Crippen LogP) is 4.77. The number of carbonyl (C=O) groups is 2. The maximum Gasteiger partial charge on any atom is 0.264 e. The molecule has 1 N–H and O–H groups in total. The Morgan fingerprint density at radius 2 is 1.69 bits per heavy atom. The van der Waals surface area contributed by atoms with Crippen LogP contribution < -0.4 is 9.62 Å². The van der Waals surface area contributed by atoms with E-state index in [-0.39, 0.29) is 17.3 Å². The van der Waals surface area contributed by atoms with Gasteiger partial charge in [0, 0.05) is 23.1 Å². The number of halogens is 2. The minimum absolute atomic E-state index is 0.000837. The van der Waals surface area contributed by atoms with Crippen LogP contribution in [0, 0.1) is 6.92 Å². The highest BCUT2D eigenvalue weighted by Gasteiger charge is 2.32. The number of carbonyl (C=O) groups excluding carboxylic acids is 2. The summed E-state index contributed by atoms with van der Waals surface area (Å²) in [5, 5.41) is 2.96. The first-order chi connectivity index (χ1) is 17.0. The lowest BCUT2D eigenvalue weighted by Gasteiger charge is -2.32. The first-order valence-electron chi connectivity index (χ1n) is 11.1. The van der Waals surface area contributed by atoms with Gasteiger partial charge in [-0.1, -0.05) is 51.8 Å². The molecule has 3 aromatic carbocycles. The number of amides is 2. The Kier molecular flexibility index (Phi) is 9.16. The monoisotopic (exact) mass is 591 g/mol. The van der Waals surface area contributed by atoms with Gasteiger partial charge in [-0.15, -0.1) is 0 Å². The molecule has 0 unspecified atom stereocenters. The third-order valence-corrected chi connectivity index (χ3v) is 8.16. The van der Waals surface area contributed by atoms with E-state index in [1.54, 1.807) is 25.1 Å². The minimum atomic E-state index is -4.13. The summed E-state index contributed by atoms with van der Waals surface area (Å²) < 4.78 is 29.3. The third-order valence-electron chi connectivity index (χ3n) is 5.63. The van der Waals surface area contributed by atoms with Crippen LogP contribution in [0.1, 0.15) is 18.1 Å². The fraction of sp³-hybridized carbons (Fsp3) is 0.231. The average molecular weight is 593 g/mol. The summed E-state index contributed by atoms with van der Waals surface area (Å²) >= 11 is 9.38. The number of likely N-dealkylation sites (N-methyl/N-ethyl adjacent to an activating group) is 1. The van der Waals surface area contributed by atoms with E-state index in [2.05, 4.69) is 21.2 Å². The van der Waals surface area contributed by atoms with Crippen molar-refractivity contribution in [2.45, 2.75) is 31.3 Å². The second-order valence-corrected chi connectivity index (χ2v) is 11.5. The molecule has 0 bridgehead atoms. The molecule has 1 atom stereocenters. The second kappa shape index (κ2) is 11.9. The molecule has 190 valence electrons. The molecule has 0 aromatic heterocycles. The first kappa shape index (κ1) is 27.7. The number of nitrogens with one attached hydrogen (secondary N) is 1. The van der Waals surface area contributed by atoms with Crippen LogP contribution in [0.3, 0.4) is 0 Å². The van der Waals surface area contributed by atoms with E-state index in [9.17, 15) is 18.0 Å². The van der Waals surface area contributed by atoms with Crippen LogP contribution in [-0.4, -0.2) is 44.8 Å². The van der Waals surface area contributed by atoms with Gasteiger partial charge in [-0.3, -0.25) is 13.9 Å². The second-order valence-electron chi connectivity index (χ2n) is 8.25. The van der Waals surface area contributed by atoms with E-state index in [0.29, 0.717) is 10.7 Å². The maximum atomic E-state index is 13.7. The molecule has 36 heavy (non-hydrogen) atoms. The summed E-state index contributed by atoms with van der Waals surface area (Å²) in [6.45, 7) is 3.07. The van der Waals surface area contributed by atoms with Crippen molar-refractivity contribution >= 4 is 55.1 Å². The Hall–Kier alpha value is -2.88. The number of sulfonamides is 1. The molecule has 10 heteroatoms. The highest BCUT2D eigenvalue weighted by atomic mass is 79.9. The Morgan fingerprint density at radius 3 is 2.31 bits per heavy atom. The molecular weight excluding hydrogens is 566 g/mol. The molecule has 0 saturated carbocycles. The van der Waals surface area contributed by atoms with Gasteiger partial charge in [-0.2, -0.15) is 0 Å². The van der Waals surface area contributed by atoms with Crippen LogP contribution in [0.15, 0.2) is 82.2 Å². The van der Waals surface area contributed by atoms with Crippen molar-refractivity contribution in [2.24, 2.45) is 0 Å². The number of rotatable bonds is 9. The first-order valence-corrected chi connectivity index (χ1v) is 13.7. The minimum Gasteiger partial charge on any atom is -0.357 e. The maximum absolute atomic E-state index is 13.7. The van der Waals surface area contributed by atoms with E-state index in [0.717, 1.165) is 19.9 Å². The van der Waals surface area contributed by atoms with Crippen molar-refractivity contribution in [1.82, 2.24) is 10.2 Å². The van der Waals surface area contributed by atoms with Crippen molar-refractivity contribution in [2.75, 3.05) is 17.9 Å². The summed E-state index contributed by atoms with van der Waals surface area (Å²) in [6.07, 6.45) is 0. The van der Waals surface area contributed by atoms with E-state index < -0.39 is 28.5 Å². The average Bonchev–Trinajstić information content (AvgIpc) is 2.85. The number of anilines is 1. The van der Waals surface area contributed by atoms with Crippen molar-refractivity contribution in [3.8, 4) is 0 Å². The quantitative estimate of drug-likeness (QED) is 0.388. The SMILES string of the molecule is CNC(=O)[C@H](C)N(Cc1cccc(Br)c1)C(=O)CN(c1cccc(C)c1)S(=O)(=O)c1ccc(Cl)cc1. The van der Waals surface area contributed by atoms with Gasteiger partial charge in [-0.05, 0) is 73.5 Å². The fourth-order valence-electron chi connectivity index (χ4n) is 3.67. The van der Waals surface area contributed by atoms with E-state index in [1.165, 1.54) is 36.2 Å². The molecule has 2 amide bonds. The van der Waals surface area contributed by atoms with Gasteiger partial charge < -0.3 is 10.2 Å². The smallest absolute Gasteiger partial charge is 0.264 e. The van der Waals surface area contributed by atoms with Crippen LogP contribution in [-0.2, 0) is 26.2 Å². The normalized spacial score (nSPS) is 12.0. The summed E-state index contributed by atoms with van der Waals surface area (Å²) in [5.41, 5.74) is 1.96. The Morgan fingerprint density at radius 1 is 1.03 bits per heavy atom. The van der Waals surface area contributed by atoms with Gasteiger partial charge in [0.15, 0.2) is 0 Å². The van der Waals surface area contributed by atoms with Gasteiger partial charge in [-0.25, -0.2) is 8.42 Å². The van der Waals surface area contributed by atoms with Gasteiger partial charge in [0.25, 0.3) is 10.0 Å². The standard InChI is InChI=1S/C26H27BrClN3O4S/c1-18-6-4-9-23(14-18)31(36(34,35)24-12-10-22(28)11-13-24)17-25(32)30(19(2)26(33)29-3)16-20-7-5-8-21(27)15-20/h4-15,19H,16-17H2,1-3H3,(H,29,33)/t19-/m0/s1. The van der Waals surface area contributed by atoms with Crippen molar-refractivity contribution in [3.05, 3.63) is 93.4 Å². The number of nitrogens with zero attached hydrogens (tertiary/aromatic N) is 2. The van der Waals surface area contributed by atoms with E-state index in [1.807, 2.05) is 37.3 Å². The molecule has 7 nitrogen and oxygen atoms in total. The zero-order valence-electron chi connectivity index (χ0n) is 20.1. The van der Waals surface area contributed by atoms with E-state index >= 15 is 0 Å². The Balaban J connectivity index is 2.03. The van der Waals surface area contributed by atoms with Gasteiger partial charge >= 0.3 is 0 Å². The topological polar surface area (TPSA) is 86.8 Å². The number of aryl methyl sites for hydroxylation is 1. The molecule has 0 heterocycles. The molecule has 0 saturated heterocycles. The molecule has 0 radical (unpaired) electrons. The van der Waals surface area contributed by atoms with Crippen molar-refractivity contribution < 1.29 is 18.0 Å². The molecule has 0 fully saturated rings. The molecule has 0 aliphatic heterocycles. The van der Waals surface area contributed by atoms with Crippen LogP contribution in [0.4, 0.5) is 5.69 Å². The Bertz CT molecular complexity index is 1350. The zero-order chi connectivity index (χ0) is 26.5. The van der Waals surface area contributed by atoms with Crippen LogP contribution in [0.25, 0.3) is 0 Å². The van der Waals surface area contributed by atoms with Crippen molar-refractivity contribution in [3.63, 3.8) is 0 Å². The van der Waals surface area contributed by atoms with E-state index in [4.69, 9.17) is 11.6 Å². The number of benzene rings is 3. The number of hydrogen-bond acceptors (Lipinski definition) is 4. The van der Waals surface area contributed by atoms with Gasteiger partial charge in [0.2, 0.25) is 11.8 Å². The van der Waals surface area contributed by atoms with Crippen LogP contribution in [0.5, 0.6) is 0 Å². The third kappa shape index (κ3) is 6.66. The van der Waals surface area contributed by atoms with Crippen molar-refractivity contribution in [1.29, 1.82) is 0 Å². The summed E-state index contributed by atoms with van der Waals surface area (Å²) in [5.74, 6) is -0.883. The molecule has 3 rings (SSSR count). The molecule has 0 aliphatic carbocycles. The highest BCUT2D eigenvalue weighted by Crippen LogP contribution is 2.26.